The molecular formula is C16H15N3O. The second-order valence-corrected chi connectivity index (χ2v) is 4.74. The van der Waals surface area contributed by atoms with Crippen molar-refractivity contribution >= 4 is 10.8 Å². The Labute approximate surface area is 116 Å². The number of H-pyrrole nitrogens is 1. The molecule has 20 heavy (non-hydrogen) atoms. The molecule has 0 saturated carbocycles. The van der Waals surface area contributed by atoms with Gasteiger partial charge >= 0.3 is 0 Å². The Morgan fingerprint density at radius 2 is 2.00 bits per heavy atom. The molecule has 1 N–H and O–H groups in total. The highest BCUT2D eigenvalue weighted by atomic mass is 16.1. The smallest absolute Gasteiger partial charge is 0.254 e. The minimum absolute atomic E-state index is 0.0667. The lowest BCUT2D eigenvalue weighted by molar-refractivity contribution is 0.968. The molecular weight excluding hydrogens is 250 g/mol. The van der Waals surface area contributed by atoms with Crippen molar-refractivity contribution in [2.75, 3.05) is 0 Å². The number of rotatable bonds is 2. The Morgan fingerprint density at radius 3 is 2.75 bits per heavy atom. The Morgan fingerprint density at radius 1 is 1.20 bits per heavy atom. The van der Waals surface area contributed by atoms with Gasteiger partial charge in [0.25, 0.3) is 5.56 Å². The fourth-order valence-electron chi connectivity index (χ4n) is 2.46. The first-order chi connectivity index (χ1) is 9.70. The van der Waals surface area contributed by atoms with Crippen molar-refractivity contribution in [2.45, 2.75) is 20.3 Å². The second kappa shape index (κ2) is 4.89. The number of nitrogens with one attached hydrogen (secondary N) is 1. The second-order valence-electron chi connectivity index (χ2n) is 4.74. The van der Waals surface area contributed by atoms with E-state index in [0.29, 0.717) is 12.2 Å². The molecule has 0 radical (unpaired) electrons. The van der Waals surface area contributed by atoms with Crippen LogP contribution in [0, 0.1) is 6.92 Å². The predicted molar refractivity (Wildman–Crippen MR) is 79.7 cm³/mol. The zero-order valence-electron chi connectivity index (χ0n) is 11.5. The van der Waals surface area contributed by atoms with Gasteiger partial charge in [-0.2, -0.15) is 0 Å². The van der Waals surface area contributed by atoms with Crippen molar-refractivity contribution in [2.24, 2.45) is 0 Å². The van der Waals surface area contributed by atoms with Crippen molar-refractivity contribution < 1.29 is 0 Å². The Bertz CT molecular complexity index is 831. The van der Waals surface area contributed by atoms with Crippen LogP contribution in [0.5, 0.6) is 0 Å². The van der Waals surface area contributed by atoms with Gasteiger partial charge in [-0.3, -0.25) is 9.78 Å². The normalized spacial score (nSPS) is 10.9. The van der Waals surface area contributed by atoms with E-state index in [9.17, 15) is 4.79 Å². The lowest BCUT2D eigenvalue weighted by Gasteiger charge is -2.08. The highest BCUT2D eigenvalue weighted by molar-refractivity contribution is 5.93. The molecule has 0 saturated heterocycles. The molecule has 100 valence electrons. The first kappa shape index (κ1) is 12.5. The molecule has 2 heterocycles. The number of aryl methyl sites for hydroxylation is 1. The van der Waals surface area contributed by atoms with E-state index in [1.807, 2.05) is 44.3 Å². The van der Waals surface area contributed by atoms with Crippen LogP contribution in [0.3, 0.4) is 0 Å². The minimum atomic E-state index is -0.0667. The van der Waals surface area contributed by atoms with Gasteiger partial charge in [0.2, 0.25) is 0 Å². The molecule has 0 aliphatic carbocycles. The molecule has 0 aliphatic heterocycles. The summed E-state index contributed by atoms with van der Waals surface area (Å²) in [7, 11) is 0. The summed E-state index contributed by atoms with van der Waals surface area (Å²) in [5.74, 6) is 0.578. The molecule has 4 nitrogen and oxygen atoms in total. The maximum atomic E-state index is 12.1. The van der Waals surface area contributed by atoms with Crippen LogP contribution in [0.4, 0.5) is 0 Å². The topological polar surface area (TPSA) is 58.6 Å². The van der Waals surface area contributed by atoms with Gasteiger partial charge in [0.05, 0.1) is 0 Å². The van der Waals surface area contributed by atoms with Crippen LogP contribution in [-0.2, 0) is 6.42 Å². The van der Waals surface area contributed by atoms with Crippen LogP contribution in [0.2, 0.25) is 0 Å². The molecule has 2 aromatic heterocycles. The fourth-order valence-corrected chi connectivity index (χ4v) is 2.46. The zero-order chi connectivity index (χ0) is 14.1. The third-order valence-electron chi connectivity index (χ3n) is 3.50. The molecule has 1 aromatic carbocycles. The Kier molecular flexibility index (Phi) is 3.06. The number of nitrogens with zero attached hydrogens (tertiary/aromatic N) is 2. The molecule has 0 bridgehead atoms. The highest BCUT2D eigenvalue weighted by Crippen LogP contribution is 2.24. The van der Waals surface area contributed by atoms with Crippen LogP contribution in [0.15, 0.2) is 41.5 Å². The summed E-state index contributed by atoms with van der Waals surface area (Å²) in [4.78, 5) is 23.7. The van der Waals surface area contributed by atoms with Gasteiger partial charge in [0, 0.05) is 34.6 Å². The lowest BCUT2D eigenvalue weighted by Crippen LogP contribution is -2.16. The van der Waals surface area contributed by atoms with E-state index < -0.39 is 0 Å². The van der Waals surface area contributed by atoms with Gasteiger partial charge < -0.3 is 4.98 Å². The first-order valence-corrected chi connectivity index (χ1v) is 6.63. The molecule has 3 rings (SSSR count). The summed E-state index contributed by atoms with van der Waals surface area (Å²) >= 11 is 0. The predicted octanol–water partition coefficient (Wildman–Crippen LogP) is 2.86. The van der Waals surface area contributed by atoms with E-state index >= 15 is 0 Å². The lowest BCUT2D eigenvalue weighted by atomic mass is 10.1. The summed E-state index contributed by atoms with van der Waals surface area (Å²) in [5, 5.41) is 2.07. The SMILES string of the molecule is CCc1c(C)nc(-c2cncc3ccccc23)[nH]c1=O. The van der Waals surface area contributed by atoms with E-state index in [-0.39, 0.29) is 5.56 Å². The van der Waals surface area contributed by atoms with Crippen LogP contribution in [-0.4, -0.2) is 15.0 Å². The quantitative estimate of drug-likeness (QED) is 0.775. The number of aromatic nitrogens is 3. The third kappa shape index (κ3) is 1.99. The summed E-state index contributed by atoms with van der Waals surface area (Å²) in [6, 6.07) is 7.94. The average Bonchev–Trinajstić information content (AvgIpc) is 2.46. The van der Waals surface area contributed by atoms with Crippen LogP contribution in [0.1, 0.15) is 18.2 Å². The van der Waals surface area contributed by atoms with Gasteiger partial charge in [-0.05, 0) is 18.7 Å². The third-order valence-corrected chi connectivity index (χ3v) is 3.50. The number of hydrogen-bond donors (Lipinski definition) is 1. The number of pyridine rings is 1. The summed E-state index contributed by atoms with van der Waals surface area (Å²) in [6.07, 6.45) is 4.23. The van der Waals surface area contributed by atoms with Crippen molar-refractivity contribution in [1.29, 1.82) is 0 Å². The average molecular weight is 265 g/mol. The maximum absolute atomic E-state index is 12.1. The molecule has 0 spiro atoms. The number of aromatic amines is 1. The van der Waals surface area contributed by atoms with E-state index in [0.717, 1.165) is 27.6 Å². The molecule has 0 unspecified atom stereocenters. The van der Waals surface area contributed by atoms with Crippen molar-refractivity contribution in [1.82, 2.24) is 15.0 Å². The van der Waals surface area contributed by atoms with Crippen LogP contribution in [0.25, 0.3) is 22.2 Å². The van der Waals surface area contributed by atoms with E-state index in [1.165, 1.54) is 0 Å². The molecule has 0 aliphatic rings. The van der Waals surface area contributed by atoms with Gasteiger partial charge in [-0.1, -0.05) is 31.2 Å². The van der Waals surface area contributed by atoms with Gasteiger partial charge in [-0.15, -0.1) is 0 Å². The molecule has 0 fully saturated rings. The van der Waals surface area contributed by atoms with Crippen LogP contribution >= 0.6 is 0 Å². The molecule has 3 aromatic rings. The van der Waals surface area contributed by atoms with Crippen molar-refractivity contribution in [3.8, 4) is 11.4 Å². The summed E-state index contributed by atoms with van der Waals surface area (Å²) in [6.45, 7) is 3.83. The van der Waals surface area contributed by atoms with E-state index in [4.69, 9.17) is 0 Å². The maximum Gasteiger partial charge on any atom is 0.254 e. The summed E-state index contributed by atoms with van der Waals surface area (Å²) in [5.41, 5.74) is 2.30. The van der Waals surface area contributed by atoms with Gasteiger partial charge in [0.1, 0.15) is 5.82 Å². The Hall–Kier alpha value is -2.49. The molecule has 4 heteroatoms. The van der Waals surface area contributed by atoms with Crippen molar-refractivity contribution in [3.05, 3.63) is 58.3 Å². The number of benzene rings is 1. The summed E-state index contributed by atoms with van der Waals surface area (Å²) < 4.78 is 0. The standard InChI is InChI=1S/C16H15N3O/c1-3-12-10(2)18-15(19-16(12)20)14-9-17-8-11-6-4-5-7-13(11)14/h4-9H,3H2,1-2H3,(H,18,19,20). The highest BCUT2D eigenvalue weighted by Gasteiger charge is 2.10. The Balaban J connectivity index is 2.29. The van der Waals surface area contributed by atoms with E-state index in [1.54, 1.807) is 6.20 Å². The van der Waals surface area contributed by atoms with Crippen molar-refractivity contribution in [3.63, 3.8) is 0 Å². The largest absolute Gasteiger partial charge is 0.306 e. The van der Waals surface area contributed by atoms with E-state index in [2.05, 4.69) is 15.0 Å². The number of hydrogen-bond acceptors (Lipinski definition) is 3. The number of fused-ring (bicyclic) bond motifs is 1. The first-order valence-electron chi connectivity index (χ1n) is 6.63. The monoisotopic (exact) mass is 265 g/mol. The zero-order valence-corrected chi connectivity index (χ0v) is 11.5. The fraction of sp³-hybridized carbons (Fsp3) is 0.188. The van der Waals surface area contributed by atoms with Crippen LogP contribution < -0.4 is 5.56 Å². The van der Waals surface area contributed by atoms with Gasteiger partial charge in [-0.25, -0.2) is 4.98 Å². The minimum Gasteiger partial charge on any atom is -0.306 e. The van der Waals surface area contributed by atoms with Gasteiger partial charge in [0.15, 0.2) is 0 Å². The molecule has 0 amide bonds. The molecule has 0 atom stereocenters.